The number of carbonyl (C=O) groups is 1. The Hall–Kier alpha value is -3.04. The smallest absolute Gasteiger partial charge is 0.269 e. The number of amides is 1. The van der Waals surface area contributed by atoms with Crippen molar-refractivity contribution in [2.45, 2.75) is 26.3 Å². The molecule has 0 unspecified atom stereocenters. The fraction of sp³-hybridized carbons (Fsp3) is 0.364. The van der Waals surface area contributed by atoms with Crippen molar-refractivity contribution in [3.8, 4) is 0 Å². The van der Waals surface area contributed by atoms with Crippen molar-refractivity contribution in [3.63, 3.8) is 0 Å². The first kappa shape index (κ1) is 13.9. The number of fused-ring (bicyclic) bond motifs is 3. The predicted octanol–water partition coefficient (Wildman–Crippen LogP) is 2.11. The van der Waals surface area contributed by atoms with E-state index in [1.54, 1.807) is 6.92 Å². The van der Waals surface area contributed by atoms with Crippen LogP contribution in [0.2, 0.25) is 0 Å². The molecule has 0 atom stereocenters. The summed E-state index contributed by atoms with van der Waals surface area (Å²) in [5, 5.41) is 15.6. The van der Waals surface area contributed by atoms with Crippen molar-refractivity contribution in [1.29, 1.82) is 0 Å². The summed E-state index contributed by atoms with van der Waals surface area (Å²) in [4.78, 5) is 18.9. The minimum absolute atomic E-state index is 0.0785. The third-order valence-corrected chi connectivity index (χ3v) is 3.40. The summed E-state index contributed by atoms with van der Waals surface area (Å²) in [6, 6.07) is 0. The largest absolute Gasteiger partial charge is 0.305 e. The van der Waals surface area contributed by atoms with Gasteiger partial charge in [-0.2, -0.15) is 10.2 Å². The van der Waals surface area contributed by atoms with Crippen LogP contribution in [0, 0.1) is 6.92 Å². The number of nitrogen functional groups attached to an aromatic ring is 1. The zero-order valence-corrected chi connectivity index (χ0v) is 12.1. The summed E-state index contributed by atoms with van der Waals surface area (Å²) in [6.07, 6.45) is 0. The molecule has 0 saturated heterocycles. The van der Waals surface area contributed by atoms with Gasteiger partial charge in [0.2, 0.25) is 0 Å². The van der Waals surface area contributed by atoms with Crippen LogP contribution in [0.3, 0.4) is 0 Å². The number of hydrazine groups is 1. The number of nitrogens with zero attached hydrogens (tertiary/aromatic N) is 8. The fourth-order valence-corrected chi connectivity index (χ4v) is 2.47. The topological polar surface area (TPSA) is 159 Å². The maximum atomic E-state index is 12.0. The number of hydrogen-bond acceptors (Lipinski definition) is 7. The lowest BCUT2D eigenvalue weighted by Crippen LogP contribution is -2.17. The minimum Gasteiger partial charge on any atom is -0.305 e. The molecular weight excluding hydrogens is 288 g/mol. The van der Waals surface area contributed by atoms with Crippen molar-refractivity contribution < 1.29 is 4.79 Å². The third-order valence-electron chi connectivity index (χ3n) is 3.40. The van der Waals surface area contributed by atoms with E-state index >= 15 is 0 Å². The molecule has 0 radical (unpaired) electrons. The Morgan fingerprint density at radius 1 is 1.50 bits per heavy atom. The van der Waals surface area contributed by atoms with Gasteiger partial charge in [0, 0.05) is 4.91 Å². The maximum Gasteiger partial charge on any atom is 0.269 e. The zero-order valence-electron chi connectivity index (χ0n) is 12.1. The molecule has 2 aromatic rings. The molecule has 3 N–H and O–H groups in total. The predicted molar refractivity (Wildman–Crippen MR) is 76.6 cm³/mol. The van der Waals surface area contributed by atoms with Gasteiger partial charge in [-0.3, -0.25) is 4.79 Å². The number of hydrogen-bond donors (Lipinski definition) is 2. The van der Waals surface area contributed by atoms with E-state index in [2.05, 4.69) is 35.8 Å². The third kappa shape index (κ3) is 1.73. The summed E-state index contributed by atoms with van der Waals surface area (Å²) in [5.41, 5.74) is 12.3. The van der Waals surface area contributed by atoms with Crippen LogP contribution in [0.15, 0.2) is 15.3 Å². The summed E-state index contributed by atoms with van der Waals surface area (Å²) in [7, 11) is 0. The lowest BCUT2D eigenvalue weighted by molar-refractivity contribution is 0.0993. The Morgan fingerprint density at radius 2 is 2.23 bits per heavy atom. The first-order valence-electron chi connectivity index (χ1n) is 6.33. The average molecular weight is 300 g/mol. The maximum absolute atomic E-state index is 12.0. The quantitative estimate of drug-likeness (QED) is 0.285. The molecule has 11 heteroatoms. The number of azide groups is 1. The van der Waals surface area contributed by atoms with Crippen LogP contribution >= 0.6 is 0 Å². The number of nitrogens with two attached hydrogens (primary N) is 1. The van der Waals surface area contributed by atoms with Crippen molar-refractivity contribution in [1.82, 2.24) is 14.6 Å². The molecule has 0 aliphatic carbocycles. The highest BCUT2D eigenvalue weighted by Crippen LogP contribution is 2.45. The lowest BCUT2D eigenvalue weighted by atomic mass is 9.96. The van der Waals surface area contributed by atoms with Crippen LogP contribution in [0.25, 0.3) is 16.1 Å². The van der Waals surface area contributed by atoms with Gasteiger partial charge in [0.15, 0.2) is 11.5 Å². The molecule has 0 spiro atoms. The van der Waals surface area contributed by atoms with E-state index in [9.17, 15) is 4.79 Å². The van der Waals surface area contributed by atoms with Crippen LogP contribution in [-0.4, -0.2) is 20.5 Å². The number of carbonyl (C=O) groups excluding carboxylic acids is 1. The zero-order chi connectivity index (χ0) is 16.1. The molecule has 0 aromatic carbocycles. The van der Waals surface area contributed by atoms with E-state index < -0.39 is 11.4 Å². The minimum atomic E-state index is -0.771. The Morgan fingerprint density at radius 3 is 2.86 bits per heavy atom. The number of anilines is 1. The summed E-state index contributed by atoms with van der Waals surface area (Å²) in [6.45, 7) is 5.36. The Balaban J connectivity index is 2.44. The molecule has 0 fully saturated rings. The molecule has 1 amide bonds. The number of rotatable bonds is 2. The van der Waals surface area contributed by atoms with E-state index in [1.165, 1.54) is 4.52 Å². The van der Waals surface area contributed by atoms with Gasteiger partial charge < -0.3 is 5.43 Å². The number of nitrogens with one attached hydrogen (secondary N) is 1. The van der Waals surface area contributed by atoms with E-state index in [1.807, 2.05) is 13.8 Å². The SMILES string of the molecule is Cc1nc2c3c(c(NN)nn2c1C(=O)N=[N+]=[N-])N=NC3(C)C. The van der Waals surface area contributed by atoms with Gasteiger partial charge >= 0.3 is 0 Å². The van der Waals surface area contributed by atoms with Gasteiger partial charge in [0.25, 0.3) is 5.91 Å². The van der Waals surface area contributed by atoms with Crippen molar-refractivity contribution in [2.75, 3.05) is 5.43 Å². The van der Waals surface area contributed by atoms with Crippen LogP contribution < -0.4 is 11.3 Å². The number of aromatic nitrogens is 3. The second kappa shape index (κ2) is 4.48. The van der Waals surface area contributed by atoms with Gasteiger partial charge in [-0.15, -0.1) is 5.10 Å². The lowest BCUT2D eigenvalue weighted by Gasteiger charge is -2.15. The summed E-state index contributed by atoms with van der Waals surface area (Å²) in [5.74, 6) is 4.96. The van der Waals surface area contributed by atoms with Gasteiger partial charge in [0.05, 0.1) is 11.3 Å². The molecule has 112 valence electrons. The van der Waals surface area contributed by atoms with E-state index in [4.69, 9.17) is 11.4 Å². The van der Waals surface area contributed by atoms with Gasteiger partial charge in [-0.25, -0.2) is 15.3 Å². The van der Waals surface area contributed by atoms with Crippen LogP contribution in [0.4, 0.5) is 11.5 Å². The number of aryl methyl sites for hydroxylation is 1. The molecule has 22 heavy (non-hydrogen) atoms. The first-order chi connectivity index (χ1) is 10.4. The van der Waals surface area contributed by atoms with Crippen molar-refractivity contribution >= 4 is 23.1 Å². The molecule has 2 aromatic heterocycles. The van der Waals surface area contributed by atoms with Gasteiger partial charge in [-0.1, -0.05) is 0 Å². The molecule has 11 nitrogen and oxygen atoms in total. The molecule has 3 heterocycles. The fourth-order valence-electron chi connectivity index (χ4n) is 2.47. The van der Waals surface area contributed by atoms with Crippen LogP contribution in [0.5, 0.6) is 0 Å². The van der Waals surface area contributed by atoms with E-state index in [0.29, 0.717) is 22.6 Å². The highest BCUT2D eigenvalue weighted by molar-refractivity contribution is 5.95. The van der Waals surface area contributed by atoms with E-state index in [0.717, 1.165) is 0 Å². The number of imidazole rings is 1. The Kier molecular flexibility index (Phi) is 2.83. The Bertz CT molecular complexity index is 886. The second-order valence-electron chi connectivity index (χ2n) is 5.25. The highest BCUT2D eigenvalue weighted by Gasteiger charge is 2.36. The molecule has 0 saturated carbocycles. The summed E-state index contributed by atoms with van der Waals surface area (Å²) >= 11 is 0. The first-order valence-corrected chi connectivity index (χ1v) is 6.33. The molecule has 3 rings (SSSR count). The van der Waals surface area contributed by atoms with Crippen LogP contribution in [-0.2, 0) is 5.54 Å². The highest BCUT2D eigenvalue weighted by atomic mass is 16.2. The van der Waals surface area contributed by atoms with Crippen molar-refractivity contribution in [2.24, 2.45) is 21.2 Å². The Labute approximate surface area is 123 Å². The average Bonchev–Trinajstić information content (AvgIpc) is 2.94. The molecule has 0 bridgehead atoms. The standard InChI is InChI=1S/C11H12N10O/c1-4-7(10(22)17-20-13)21-9(14-4)5-6(8(15-12)18-21)16-19-11(5,2)3/h12H2,1-3H3,(H,15,18). The molecule has 1 aliphatic rings. The van der Waals surface area contributed by atoms with Gasteiger partial charge in [0.1, 0.15) is 16.9 Å². The summed E-state index contributed by atoms with van der Waals surface area (Å²) < 4.78 is 1.30. The molecular formula is C11H12N10O. The monoisotopic (exact) mass is 300 g/mol. The van der Waals surface area contributed by atoms with E-state index in [-0.39, 0.29) is 11.5 Å². The van der Waals surface area contributed by atoms with Crippen molar-refractivity contribution in [3.05, 3.63) is 27.4 Å². The normalized spacial score (nSPS) is 14.7. The molecule has 1 aliphatic heterocycles. The number of azo groups is 1. The van der Waals surface area contributed by atoms with Crippen LogP contribution in [0.1, 0.15) is 35.6 Å². The van der Waals surface area contributed by atoms with Gasteiger partial charge in [-0.05, 0) is 31.4 Å². The second-order valence-corrected chi connectivity index (χ2v) is 5.25.